The summed E-state index contributed by atoms with van der Waals surface area (Å²) in [5.41, 5.74) is 2.08. The molecule has 0 saturated carbocycles. The maximum Gasteiger partial charge on any atom is 0.127 e. The van der Waals surface area contributed by atoms with E-state index in [-0.39, 0.29) is 6.04 Å². The van der Waals surface area contributed by atoms with E-state index in [9.17, 15) is 0 Å². The zero-order chi connectivity index (χ0) is 13.5. The highest BCUT2D eigenvalue weighted by molar-refractivity contribution is 5.52. The lowest BCUT2D eigenvalue weighted by Gasteiger charge is -2.15. The second-order valence-electron chi connectivity index (χ2n) is 4.48. The quantitative estimate of drug-likeness (QED) is 0.831. The van der Waals surface area contributed by atoms with E-state index in [1.807, 2.05) is 42.7 Å². The summed E-state index contributed by atoms with van der Waals surface area (Å²) in [6, 6.07) is 10.1. The molecule has 19 heavy (non-hydrogen) atoms. The molecule has 0 fully saturated rings. The number of rotatable bonds is 6. The third-order valence-electron chi connectivity index (χ3n) is 2.83. The van der Waals surface area contributed by atoms with Crippen molar-refractivity contribution in [3.05, 3.63) is 48.4 Å². The summed E-state index contributed by atoms with van der Waals surface area (Å²) in [7, 11) is 0. The van der Waals surface area contributed by atoms with Crippen LogP contribution in [0.3, 0.4) is 0 Å². The Kier molecular flexibility index (Phi) is 4.72. The lowest BCUT2D eigenvalue weighted by atomic mass is 10.2. The van der Waals surface area contributed by atoms with E-state index >= 15 is 0 Å². The first-order chi connectivity index (χ1) is 9.29. The normalized spacial score (nSPS) is 11.9. The molecule has 0 aromatic carbocycles. The van der Waals surface area contributed by atoms with E-state index in [2.05, 4.69) is 34.4 Å². The van der Waals surface area contributed by atoms with Crippen molar-refractivity contribution in [2.45, 2.75) is 26.3 Å². The van der Waals surface area contributed by atoms with Gasteiger partial charge in [0.05, 0.1) is 11.7 Å². The largest absolute Gasteiger partial charge is 0.377 e. The number of aromatic nitrogens is 2. The fourth-order valence-electron chi connectivity index (χ4n) is 1.83. The lowest BCUT2D eigenvalue weighted by molar-refractivity contribution is 0.839. The number of nitrogens with zero attached hydrogens (tertiary/aromatic N) is 2. The van der Waals surface area contributed by atoms with Crippen LogP contribution in [-0.4, -0.2) is 16.5 Å². The molecule has 0 saturated heterocycles. The van der Waals surface area contributed by atoms with Crippen molar-refractivity contribution in [2.24, 2.45) is 0 Å². The molecule has 1 atom stereocenters. The van der Waals surface area contributed by atoms with Crippen LogP contribution in [0.4, 0.5) is 11.5 Å². The van der Waals surface area contributed by atoms with Gasteiger partial charge in [-0.25, -0.2) is 4.98 Å². The molecule has 100 valence electrons. The number of nitrogens with one attached hydrogen (secondary N) is 2. The molecule has 4 heteroatoms. The first-order valence-corrected chi connectivity index (χ1v) is 6.67. The Labute approximate surface area is 114 Å². The highest BCUT2D eigenvalue weighted by atomic mass is 15.0. The van der Waals surface area contributed by atoms with Gasteiger partial charge in [0.25, 0.3) is 0 Å². The van der Waals surface area contributed by atoms with Crippen molar-refractivity contribution < 1.29 is 0 Å². The van der Waals surface area contributed by atoms with E-state index in [4.69, 9.17) is 0 Å². The van der Waals surface area contributed by atoms with Crippen molar-refractivity contribution >= 4 is 11.5 Å². The van der Waals surface area contributed by atoms with E-state index in [0.29, 0.717) is 0 Å². The fourth-order valence-corrected chi connectivity index (χ4v) is 1.83. The molecular formula is C15H20N4. The van der Waals surface area contributed by atoms with Crippen molar-refractivity contribution in [1.29, 1.82) is 0 Å². The van der Waals surface area contributed by atoms with Gasteiger partial charge in [-0.15, -0.1) is 0 Å². The monoisotopic (exact) mass is 256 g/mol. The minimum Gasteiger partial charge on any atom is -0.377 e. The molecule has 2 aromatic rings. The van der Waals surface area contributed by atoms with Crippen LogP contribution in [-0.2, 0) is 0 Å². The molecule has 0 aliphatic carbocycles. The molecule has 0 radical (unpaired) electrons. The zero-order valence-corrected chi connectivity index (χ0v) is 11.4. The summed E-state index contributed by atoms with van der Waals surface area (Å²) in [6.45, 7) is 5.17. The number of hydrogen-bond donors (Lipinski definition) is 2. The molecular weight excluding hydrogens is 236 g/mol. The smallest absolute Gasteiger partial charge is 0.127 e. The minimum absolute atomic E-state index is 0.169. The van der Waals surface area contributed by atoms with Crippen molar-refractivity contribution in [1.82, 2.24) is 9.97 Å². The zero-order valence-electron chi connectivity index (χ0n) is 11.4. The maximum absolute atomic E-state index is 4.35. The first kappa shape index (κ1) is 13.3. The Morgan fingerprint density at radius 1 is 1.16 bits per heavy atom. The van der Waals surface area contributed by atoms with Crippen LogP contribution >= 0.6 is 0 Å². The maximum atomic E-state index is 4.35. The van der Waals surface area contributed by atoms with Crippen molar-refractivity contribution in [2.75, 3.05) is 17.2 Å². The van der Waals surface area contributed by atoms with Crippen LogP contribution < -0.4 is 10.6 Å². The Hall–Kier alpha value is -2.10. The van der Waals surface area contributed by atoms with Crippen LogP contribution in [0.1, 0.15) is 32.0 Å². The summed E-state index contributed by atoms with van der Waals surface area (Å²) in [4.78, 5) is 8.64. The second kappa shape index (κ2) is 6.73. The average molecular weight is 256 g/mol. The number of anilines is 2. The van der Waals surface area contributed by atoms with E-state index in [0.717, 1.165) is 30.2 Å². The third kappa shape index (κ3) is 3.95. The molecule has 0 aliphatic rings. The van der Waals surface area contributed by atoms with E-state index < -0.39 is 0 Å². The first-order valence-electron chi connectivity index (χ1n) is 6.67. The average Bonchev–Trinajstić information content (AvgIpc) is 2.46. The van der Waals surface area contributed by atoms with E-state index in [1.54, 1.807) is 0 Å². The minimum atomic E-state index is 0.169. The molecule has 0 amide bonds. The van der Waals surface area contributed by atoms with Gasteiger partial charge in [-0.2, -0.15) is 0 Å². The van der Waals surface area contributed by atoms with Crippen LogP contribution in [0.5, 0.6) is 0 Å². The molecule has 4 nitrogen and oxygen atoms in total. The van der Waals surface area contributed by atoms with Gasteiger partial charge in [-0.3, -0.25) is 4.98 Å². The van der Waals surface area contributed by atoms with Gasteiger partial charge < -0.3 is 10.6 Å². The van der Waals surface area contributed by atoms with Crippen molar-refractivity contribution in [3.8, 4) is 0 Å². The lowest BCUT2D eigenvalue weighted by Crippen LogP contribution is -2.09. The predicted octanol–water partition coefficient (Wildman–Crippen LogP) is 3.47. The third-order valence-corrected chi connectivity index (χ3v) is 2.83. The van der Waals surface area contributed by atoms with Crippen LogP contribution in [0.2, 0.25) is 0 Å². The summed E-state index contributed by atoms with van der Waals surface area (Å²) in [5.74, 6) is 0.903. The standard InChI is InChI=1S/C15H20N4/c1-3-8-17-15-11-13(7-10-18-15)19-12(2)14-6-4-5-9-16-14/h4-7,9-12H,3,8H2,1-2H3,(H2,17,18,19). The molecule has 2 aromatic heterocycles. The molecule has 0 spiro atoms. The molecule has 2 N–H and O–H groups in total. The van der Waals surface area contributed by atoms with Gasteiger partial charge in [0.2, 0.25) is 0 Å². The summed E-state index contributed by atoms with van der Waals surface area (Å²) < 4.78 is 0. The molecule has 2 rings (SSSR count). The summed E-state index contributed by atoms with van der Waals surface area (Å²) in [5, 5.41) is 6.71. The van der Waals surface area contributed by atoms with Crippen molar-refractivity contribution in [3.63, 3.8) is 0 Å². The number of hydrogen-bond acceptors (Lipinski definition) is 4. The number of pyridine rings is 2. The van der Waals surface area contributed by atoms with Crippen LogP contribution in [0, 0.1) is 0 Å². The Bertz CT molecular complexity index is 499. The van der Waals surface area contributed by atoms with Gasteiger partial charge >= 0.3 is 0 Å². The van der Waals surface area contributed by atoms with Crippen LogP contribution in [0.15, 0.2) is 42.7 Å². The van der Waals surface area contributed by atoms with Gasteiger partial charge in [-0.1, -0.05) is 13.0 Å². The van der Waals surface area contributed by atoms with E-state index in [1.165, 1.54) is 0 Å². The van der Waals surface area contributed by atoms with Crippen LogP contribution in [0.25, 0.3) is 0 Å². The SMILES string of the molecule is CCCNc1cc(NC(C)c2ccccn2)ccn1. The predicted molar refractivity (Wildman–Crippen MR) is 79.3 cm³/mol. The van der Waals surface area contributed by atoms with Gasteiger partial charge in [0.15, 0.2) is 0 Å². The Balaban J connectivity index is 2.02. The van der Waals surface area contributed by atoms with Gasteiger partial charge in [0, 0.05) is 30.7 Å². The summed E-state index contributed by atoms with van der Waals surface area (Å²) in [6.07, 6.45) is 4.71. The Morgan fingerprint density at radius 2 is 2.05 bits per heavy atom. The highest BCUT2D eigenvalue weighted by Gasteiger charge is 2.06. The molecule has 0 bridgehead atoms. The Morgan fingerprint density at radius 3 is 2.79 bits per heavy atom. The second-order valence-corrected chi connectivity index (χ2v) is 4.48. The van der Waals surface area contributed by atoms with Gasteiger partial charge in [0.1, 0.15) is 5.82 Å². The fraction of sp³-hybridized carbons (Fsp3) is 0.333. The topological polar surface area (TPSA) is 49.8 Å². The van der Waals surface area contributed by atoms with Gasteiger partial charge in [-0.05, 0) is 31.5 Å². The molecule has 0 aliphatic heterocycles. The molecule has 1 unspecified atom stereocenters. The molecule has 2 heterocycles. The summed E-state index contributed by atoms with van der Waals surface area (Å²) >= 11 is 0. The highest BCUT2D eigenvalue weighted by Crippen LogP contribution is 2.18.